The summed E-state index contributed by atoms with van der Waals surface area (Å²) in [5.74, 6) is -0.394. The van der Waals surface area contributed by atoms with Crippen LogP contribution in [-0.2, 0) is 20.9 Å². The van der Waals surface area contributed by atoms with Crippen molar-refractivity contribution in [3.05, 3.63) is 106 Å². The summed E-state index contributed by atoms with van der Waals surface area (Å²) in [6.45, 7) is 1.83. The van der Waals surface area contributed by atoms with Crippen LogP contribution in [0.25, 0.3) is 0 Å². The van der Waals surface area contributed by atoms with Gasteiger partial charge in [-0.3, -0.25) is 4.79 Å². The molecule has 1 amide bonds. The average molecular weight is 516 g/mol. The third-order valence-electron chi connectivity index (χ3n) is 5.63. The molecule has 0 fully saturated rings. The van der Waals surface area contributed by atoms with Crippen molar-refractivity contribution in [2.75, 3.05) is 18.2 Å². The number of nitriles is 1. The Morgan fingerprint density at radius 2 is 1.86 bits per heavy atom. The van der Waals surface area contributed by atoms with Gasteiger partial charge in [0.15, 0.2) is 0 Å². The molecule has 1 aliphatic rings. The maximum absolute atomic E-state index is 13.2. The summed E-state index contributed by atoms with van der Waals surface area (Å²) >= 11 is 1.18. The van der Waals surface area contributed by atoms with E-state index >= 15 is 0 Å². The minimum Gasteiger partial charge on any atom is -0.497 e. The number of hydrogen-bond acceptors (Lipinski definition) is 8. The second-order valence-electron chi connectivity index (χ2n) is 8.09. The van der Waals surface area contributed by atoms with Gasteiger partial charge in [0.25, 0.3) is 0 Å². The number of nitrogens with zero attached hydrogens (tertiary/aromatic N) is 1. The van der Waals surface area contributed by atoms with Crippen molar-refractivity contribution in [3.8, 4) is 11.8 Å². The fourth-order valence-corrected chi connectivity index (χ4v) is 4.74. The van der Waals surface area contributed by atoms with Gasteiger partial charge >= 0.3 is 5.97 Å². The van der Waals surface area contributed by atoms with Crippen molar-refractivity contribution < 1.29 is 23.5 Å². The molecule has 0 spiro atoms. The number of rotatable bonds is 9. The molecule has 9 heteroatoms. The summed E-state index contributed by atoms with van der Waals surface area (Å²) in [6, 6.07) is 22.0. The number of allylic oxidation sites excluding steroid dienone is 2. The molecule has 0 saturated heterocycles. The molecule has 0 radical (unpaired) electrons. The third kappa shape index (κ3) is 6.23. The highest BCUT2D eigenvalue weighted by Gasteiger charge is 2.37. The van der Waals surface area contributed by atoms with Gasteiger partial charge in [0.05, 0.1) is 47.3 Å². The lowest BCUT2D eigenvalue weighted by Gasteiger charge is -2.28. The van der Waals surface area contributed by atoms with E-state index in [1.165, 1.54) is 18.0 Å². The molecule has 1 aromatic heterocycles. The predicted molar refractivity (Wildman–Crippen MR) is 140 cm³/mol. The van der Waals surface area contributed by atoms with Gasteiger partial charge in [0.2, 0.25) is 5.91 Å². The highest BCUT2D eigenvalue weighted by Crippen LogP contribution is 2.41. The number of furan rings is 1. The number of dihydropyridines is 1. The first-order valence-corrected chi connectivity index (χ1v) is 12.4. The lowest BCUT2D eigenvalue weighted by atomic mass is 9.86. The SMILES string of the molecule is COc1ccc(NC(=O)CSC2=C(C#N)[C@H](c3ccco3)C(C(=O)OCc3ccccc3)=C(C)N2)cc1. The van der Waals surface area contributed by atoms with Gasteiger partial charge in [-0.15, -0.1) is 0 Å². The minimum absolute atomic E-state index is 0.0471. The van der Waals surface area contributed by atoms with Crippen LogP contribution in [0, 0.1) is 11.3 Å². The molecule has 1 aliphatic heterocycles. The second-order valence-corrected chi connectivity index (χ2v) is 9.08. The van der Waals surface area contributed by atoms with Crippen molar-refractivity contribution in [2.24, 2.45) is 0 Å². The van der Waals surface area contributed by atoms with E-state index in [4.69, 9.17) is 13.9 Å². The Bertz CT molecular complexity index is 1360. The van der Waals surface area contributed by atoms with E-state index in [1.807, 2.05) is 30.3 Å². The number of methoxy groups -OCH3 is 1. The van der Waals surface area contributed by atoms with Crippen LogP contribution in [0.4, 0.5) is 5.69 Å². The lowest BCUT2D eigenvalue weighted by molar-refractivity contribution is -0.140. The van der Waals surface area contributed by atoms with Gasteiger partial charge in [-0.1, -0.05) is 42.1 Å². The van der Waals surface area contributed by atoms with E-state index in [2.05, 4.69) is 16.7 Å². The van der Waals surface area contributed by atoms with E-state index in [0.717, 1.165) is 5.56 Å². The van der Waals surface area contributed by atoms with Crippen molar-refractivity contribution >= 4 is 29.3 Å². The van der Waals surface area contributed by atoms with Gasteiger partial charge in [-0.25, -0.2) is 4.79 Å². The summed E-state index contributed by atoms with van der Waals surface area (Å²) in [4.78, 5) is 25.8. The monoisotopic (exact) mass is 515 g/mol. The smallest absolute Gasteiger partial charge is 0.337 e. The molecular weight excluding hydrogens is 490 g/mol. The van der Waals surface area contributed by atoms with E-state index < -0.39 is 11.9 Å². The number of benzene rings is 2. The van der Waals surface area contributed by atoms with Crippen molar-refractivity contribution in [3.63, 3.8) is 0 Å². The summed E-state index contributed by atoms with van der Waals surface area (Å²) in [7, 11) is 1.57. The molecule has 4 rings (SSSR count). The van der Waals surface area contributed by atoms with Crippen LogP contribution in [-0.4, -0.2) is 24.7 Å². The minimum atomic E-state index is -0.767. The number of carbonyl (C=O) groups excluding carboxylic acids is 2. The van der Waals surface area contributed by atoms with E-state index in [-0.39, 0.29) is 29.4 Å². The highest BCUT2D eigenvalue weighted by molar-refractivity contribution is 8.03. The van der Waals surface area contributed by atoms with Crippen LogP contribution in [0.2, 0.25) is 0 Å². The zero-order chi connectivity index (χ0) is 26.2. The average Bonchev–Trinajstić information content (AvgIpc) is 3.46. The molecule has 188 valence electrons. The number of hydrogen-bond donors (Lipinski definition) is 2. The molecule has 3 aromatic rings. The molecular formula is C28H25N3O5S. The molecule has 2 heterocycles. The Kier molecular flexibility index (Phi) is 8.33. The van der Waals surface area contributed by atoms with E-state index in [0.29, 0.717) is 27.9 Å². The molecule has 0 bridgehead atoms. The number of esters is 1. The van der Waals surface area contributed by atoms with Crippen molar-refractivity contribution in [1.29, 1.82) is 5.26 Å². The number of anilines is 1. The zero-order valence-corrected chi connectivity index (χ0v) is 21.1. The first-order chi connectivity index (χ1) is 18.0. The summed E-state index contributed by atoms with van der Waals surface area (Å²) in [5.41, 5.74) is 2.56. The van der Waals surface area contributed by atoms with E-state index in [1.54, 1.807) is 50.4 Å². The van der Waals surface area contributed by atoms with E-state index in [9.17, 15) is 14.9 Å². The number of amides is 1. The molecule has 8 nitrogen and oxygen atoms in total. The Morgan fingerprint density at radius 1 is 1.11 bits per heavy atom. The molecule has 0 saturated carbocycles. The number of carbonyl (C=O) groups is 2. The fraction of sp³-hybridized carbons (Fsp3) is 0.179. The zero-order valence-electron chi connectivity index (χ0n) is 20.3. The third-order valence-corrected chi connectivity index (χ3v) is 6.65. The Hall–Kier alpha value is -4.42. The molecule has 0 aliphatic carbocycles. The molecule has 2 aromatic carbocycles. The Balaban J connectivity index is 1.51. The second kappa shape index (κ2) is 12.0. The quantitative estimate of drug-likeness (QED) is 0.379. The van der Waals surface area contributed by atoms with Gasteiger partial charge < -0.3 is 24.5 Å². The molecule has 1 atom stereocenters. The van der Waals surface area contributed by atoms with Gasteiger partial charge in [-0.2, -0.15) is 5.26 Å². The predicted octanol–water partition coefficient (Wildman–Crippen LogP) is 5.10. The lowest BCUT2D eigenvalue weighted by Crippen LogP contribution is -2.29. The summed E-state index contributed by atoms with van der Waals surface area (Å²) in [6.07, 6.45) is 1.49. The van der Waals surface area contributed by atoms with Crippen LogP contribution >= 0.6 is 11.8 Å². The van der Waals surface area contributed by atoms with Crippen LogP contribution in [0.3, 0.4) is 0 Å². The Morgan fingerprint density at radius 3 is 2.51 bits per heavy atom. The first-order valence-electron chi connectivity index (χ1n) is 11.4. The van der Waals surface area contributed by atoms with Crippen LogP contribution < -0.4 is 15.4 Å². The summed E-state index contributed by atoms with van der Waals surface area (Å²) < 4.78 is 16.3. The van der Waals surface area contributed by atoms with Crippen LogP contribution in [0.15, 0.2) is 99.3 Å². The topological polar surface area (TPSA) is 114 Å². The summed E-state index contributed by atoms with van der Waals surface area (Å²) in [5, 5.41) is 16.5. The maximum Gasteiger partial charge on any atom is 0.337 e. The standard InChI is InChI=1S/C28H25N3O5S/c1-18-25(28(33)36-16-19-7-4-3-5-8-19)26(23-9-6-14-35-23)22(15-29)27(30-18)37-17-24(32)31-20-10-12-21(34-2)13-11-20/h3-14,26,30H,16-17H2,1-2H3,(H,31,32)/t26-/m1/s1. The molecule has 0 unspecified atom stereocenters. The number of thioether (sulfide) groups is 1. The first kappa shape index (κ1) is 25.7. The van der Waals surface area contributed by atoms with Gasteiger partial charge in [0, 0.05) is 11.4 Å². The highest BCUT2D eigenvalue weighted by atomic mass is 32.2. The normalized spacial score (nSPS) is 15.0. The number of ether oxygens (including phenoxy) is 2. The fourth-order valence-electron chi connectivity index (χ4n) is 3.85. The van der Waals surface area contributed by atoms with Crippen LogP contribution in [0.1, 0.15) is 24.2 Å². The Labute approximate surface area is 218 Å². The maximum atomic E-state index is 13.2. The van der Waals surface area contributed by atoms with Crippen molar-refractivity contribution in [1.82, 2.24) is 5.32 Å². The largest absolute Gasteiger partial charge is 0.497 e. The van der Waals surface area contributed by atoms with Gasteiger partial charge in [-0.05, 0) is 48.9 Å². The molecule has 37 heavy (non-hydrogen) atoms. The van der Waals surface area contributed by atoms with Crippen molar-refractivity contribution in [2.45, 2.75) is 19.4 Å². The van der Waals surface area contributed by atoms with Crippen LogP contribution in [0.5, 0.6) is 5.75 Å². The van der Waals surface area contributed by atoms with Gasteiger partial charge in [0.1, 0.15) is 18.1 Å². The number of nitrogens with one attached hydrogen (secondary N) is 2. The molecule has 2 N–H and O–H groups in total.